The van der Waals surface area contributed by atoms with E-state index >= 15 is 0 Å². The third kappa shape index (κ3) is 11.6. The van der Waals surface area contributed by atoms with Crippen molar-refractivity contribution in [2.75, 3.05) is 0 Å². The predicted octanol–water partition coefficient (Wildman–Crippen LogP) is 11.9. The van der Waals surface area contributed by atoms with Gasteiger partial charge in [-0.3, -0.25) is 0 Å². The molecule has 2 unspecified atom stereocenters. The van der Waals surface area contributed by atoms with E-state index in [9.17, 15) is 0 Å². The minimum absolute atomic E-state index is 0.0724. The van der Waals surface area contributed by atoms with Crippen LogP contribution in [0.2, 0.25) is 0 Å². The number of hydrogen-bond donors (Lipinski definition) is 0. The van der Waals surface area contributed by atoms with Crippen molar-refractivity contribution in [1.82, 2.24) is 0 Å². The summed E-state index contributed by atoms with van der Waals surface area (Å²) in [7, 11) is 0. The predicted molar refractivity (Wildman–Crippen MR) is 179 cm³/mol. The van der Waals surface area contributed by atoms with Gasteiger partial charge in [-0.2, -0.15) is 0 Å². The molecule has 0 N–H and O–H groups in total. The van der Waals surface area contributed by atoms with E-state index in [0.717, 1.165) is 38.5 Å². The lowest BCUT2D eigenvalue weighted by atomic mass is 9.73. The number of hydrogen-bond acceptors (Lipinski definition) is 0. The SMILES string of the molecule is CC1=C(C#CC(C)CC/C=C(\C)C/C=C/CC(C)CC/C=C(/C)C#CC2=C(C)CCCC2(C)C)C(C)(C)C=CC1. The molecule has 0 saturated heterocycles. The fraction of sp³-hybridized carbons (Fsp3) is 0.600. The molecule has 0 radical (unpaired) electrons. The molecule has 218 valence electrons. The lowest BCUT2D eigenvalue weighted by Gasteiger charge is -2.31. The summed E-state index contributed by atoms with van der Waals surface area (Å²) in [6.07, 6.45) is 25.6. The molecule has 40 heavy (non-hydrogen) atoms. The molecule has 0 saturated carbocycles. The molecule has 2 aliphatic carbocycles. The summed E-state index contributed by atoms with van der Waals surface area (Å²) < 4.78 is 0. The van der Waals surface area contributed by atoms with Crippen LogP contribution in [0.3, 0.4) is 0 Å². The van der Waals surface area contributed by atoms with Gasteiger partial charge in [0, 0.05) is 22.5 Å². The van der Waals surface area contributed by atoms with Crippen molar-refractivity contribution in [3.8, 4) is 23.7 Å². The summed E-state index contributed by atoms with van der Waals surface area (Å²) >= 11 is 0. The van der Waals surface area contributed by atoms with Crippen LogP contribution >= 0.6 is 0 Å². The van der Waals surface area contributed by atoms with Crippen LogP contribution in [0.4, 0.5) is 0 Å². The molecule has 0 heteroatoms. The Labute approximate surface area is 249 Å². The highest BCUT2D eigenvalue weighted by Gasteiger charge is 2.27. The molecule has 0 bridgehead atoms. The van der Waals surface area contributed by atoms with Gasteiger partial charge in [0.2, 0.25) is 0 Å². The molecule has 0 spiro atoms. The first-order valence-corrected chi connectivity index (χ1v) is 15.9. The van der Waals surface area contributed by atoms with Crippen LogP contribution in [0, 0.1) is 46.3 Å². The van der Waals surface area contributed by atoms with Gasteiger partial charge in [0.15, 0.2) is 0 Å². The van der Waals surface area contributed by atoms with Gasteiger partial charge < -0.3 is 0 Å². The third-order valence-corrected chi connectivity index (χ3v) is 8.66. The Morgan fingerprint density at radius 2 is 1.65 bits per heavy atom. The van der Waals surface area contributed by atoms with Crippen LogP contribution in [0.25, 0.3) is 0 Å². The second kappa shape index (κ2) is 16.1. The van der Waals surface area contributed by atoms with Gasteiger partial charge in [-0.1, -0.05) is 118 Å². The van der Waals surface area contributed by atoms with Gasteiger partial charge in [0.1, 0.15) is 0 Å². The van der Waals surface area contributed by atoms with Gasteiger partial charge in [-0.15, -0.1) is 0 Å². The van der Waals surface area contributed by atoms with Crippen molar-refractivity contribution in [1.29, 1.82) is 0 Å². The second-order valence-electron chi connectivity index (χ2n) is 13.9. The van der Waals surface area contributed by atoms with Gasteiger partial charge in [-0.05, 0) is 109 Å². The molecule has 0 amide bonds. The zero-order valence-corrected chi connectivity index (χ0v) is 27.7. The molecule has 0 heterocycles. The molecule has 2 atom stereocenters. The standard InChI is InChI=1S/C40H58/c1-31(19-13-21-33(3)25-27-37-35(5)23-15-29-39(37,7)8)17-11-12-18-32(2)20-14-22-34(4)26-28-38-36(6)24-16-30-40(38,9)10/h11-12,15,19,22,29,32-33H,13-14,16-18,20-21,23-24,30H2,1-10H3/b12-11+,31-19+,34-22-. The van der Waals surface area contributed by atoms with Crippen molar-refractivity contribution in [2.24, 2.45) is 22.7 Å². The molecule has 0 nitrogen and oxygen atoms in total. The summed E-state index contributed by atoms with van der Waals surface area (Å²) in [6.45, 7) is 22.8. The zero-order valence-electron chi connectivity index (χ0n) is 27.7. The van der Waals surface area contributed by atoms with Gasteiger partial charge in [0.25, 0.3) is 0 Å². The van der Waals surface area contributed by atoms with E-state index in [-0.39, 0.29) is 10.8 Å². The highest BCUT2D eigenvalue weighted by molar-refractivity contribution is 5.44. The third-order valence-electron chi connectivity index (χ3n) is 8.66. The molecule has 0 aliphatic heterocycles. The number of allylic oxidation sites excluding steroid dienone is 12. The largest absolute Gasteiger partial charge is 0.0951 e. The van der Waals surface area contributed by atoms with Crippen LogP contribution in [-0.2, 0) is 0 Å². The maximum atomic E-state index is 3.53. The summed E-state index contributed by atoms with van der Waals surface area (Å²) in [6, 6.07) is 0. The van der Waals surface area contributed by atoms with Crippen molar-refractivity contribution < 1.29 is 0 Å². The fourth-order valence-electron chi connectivity index (χ4n) is 5.88. The summed E-state index contributed by atoms with van der Waals surface area (Å²) in [5.74, 6) is 15.2. The minimum Gasteiger partial charge on any atom is -0.0951 e. The topological polar surface area (TPSA) is 0 Å². The van der Waals surface area contributed by atoms with E-state index in [2.05, 4.69) is 129 Å². The van der Waals surface area contributed by atoms with Crippen LogP contribution in [0.1, 0.15) is 133 Å². The fourth-order valence-corrected chi connectivity index (χ4v) is 5.88. The molecule has 0 aromatic heterocycles. The Bertz CT molecular complexity index is 1160. The van der Waals surface area contributed by atoms with E-state index in [1.54, 1.807) is 0 Å². The summed E-state index contributed by atoms with van der Waals surface area (Å²) in [5, 5.41) is 0. The Hall–Kier alpha value is -2.44. The van der Waals surface area contributed by atoms with E-state index in [1.165, 1.54) is 59.1 Å². The average molecular weight is 539 g/mol. The van der Waals surface area contributed by atoms with Crippen LogP contribution in [-0.4, -0.2) is 0 Å². The van der Waals surface area contributed by atoms with Crippen LogP contribution < -0.4 is 0 Å². The van der Waals surface area contributed by atoms with Crippen molar-refractivity contribution in [2.45, 2.75) is 133 Å². The van der Waals surface area contributed by atoms with Gasteiger partial charge in [0.05, 0.1) is 0 Å². The van der Waals surface area contributed by atoms with E-state index in [1.807, 2.05) is 0 Å². The van der Waals surface area contributed by atoms with E-state index in [4.69, 9.17) is 0 Å². The second-order valence-corrected chi connectivity index (χ2v) is 13.9. The maximum absolute atomic E-state index is 3.53. The lowest BCUT2D eigenvalue weighted by Crippen LogP contribution is -2.19. The Morgan fingerprint density at radius 1 is 0.925 bits per heavy atom. The highest BCUT2D eigenvalue weighted by Crippen LogP contribution is 2.39. The molecule has 0 fully saturated rings. The normalized spacial score (nSPS) is 20.6. The lowest BCUT2D eigenvalue weighted by molar-refractivity contribution is 0.380. The molecular weight excluding hydrogens is 480 g/mol. The first-order chi connectivity index (χ1) is 18.8. The van der Waals surface area contributed by atoms with Crippen LogP contribution in [0.15, 0.2) is 69.9 Å². The molecular formula is C40H58. The first kappa shape index (κ1) is 33.8. The smallest absolute Gasteiger partial charge is 0.0181 e. The maximum Gasteiger partial charge on any atom is 0.0181 e. The summed E-state index contributed by atoms with van der Waals surface area (Å²) in [5.41, 5.74) is 8.60. The molecule has 2 rings (SSSR count). The van der Waals surface area contributed by atoms with Crippen molar-refractivity contribution >= 4 is 0 Å². The van der Waals surface area contributed by atoms with E-state index in [0.29, 0.717) is 11.8 Å². The summed E-state index contributed by atoms with van der Waals surface area (Å²) in [4.78, 5) is 0. The highest BCUT2D eigenvalue weighted by atomic mass is 14.3. The van der Waals surface area contributed by atoms with Crippen molar-refractivity contribution in [3.05, 3.63) is 69.9 Å². The average Bonchev–Trinajstić information content (AvgIpc) is 2.85. The zero-order chi connectivity index (χ0) is 29.8. The Balaban J connectivity index is 1.70. The minimum atomic E-state index is 0.0724. The quantitative estimate of drug-likeness (QED) is 0.192. The molecule has 2 aliphatic rings. The Kier molecular flexibility index (Phi) is 13.6. The van der Waals surface area contributed by atoms with Crippen LogP contribution in [0.5, 0.6) is 0 Å². The first-order valence-electron chi connectivity index (χ1n) is 15.9. The Morgan fingerprint density at radius 3 is 2.35 bits per heavy atom. The van der Waals surface area contributed by atoms with Crippen molar-refractivity contribution in [3.63, 3.8) is 0 Å². The number of rotatable bonds is 10. The van der Waals surface area contributed by atoms with Gasteiger partial charge in [-0.25, -0.2) is 0 Å². The molecule has 0 aromatic carbocycles. The molecule has 0 aromatic rings. The van der Waals surface area contributed by atoms with Gasteiger partial charge >= 0.3 is 0 Å². The monoisotopic (exact) mass is 538 g/mol. The van der Waals surface area contributed by atoms with E-state index < -0.39 is 0 Å².